The summed E-state index contributed by atoms with van der Waals surface area (Å²) < 4.78 is 39.2. The van der Waals surface area contributed by atoms with Gasteiger partial charge in [0.2, 0.25) is 0 Å². The van der Waals surface area contributed by atoms with Crippen molar-refractivity contribution in [1.82, 2.24) is 4.90 Å². The van der Waals surface area contributed by atoms with Crippen LogP contribution in [0.1, 0.15) is 50.2 Å². The molecule has 1 saturated heterocycles. The molecule has 1 fully saturated rings. The molecule has 0 spiro atoms. The highest BCUT2D eigenvalue weighted by Crippen LogP contribution is 2.32. The Morgan fingerprint density at radius 1 is 0.833 bits per heavy atom. The first-order valence-electron chi connectivity index (χ1n) is 12.0. The first-order chi connectivity index (χ1) is 17.3. The quantitative estimate of drug-likeness (QED) is 0.503. The number of carbonyl (C=O) groups is 2. The summed E-state index contributed by atoms with van der Waals surface area (Å²) in [6.45, 7) is 2.80. The number of halogens is 3. The fraction of sp³-hybridized carbons (Fsp3) is 0.286. The molecule has 2 amide bonds. The lowest BCUT2D eigenvalue weighted by molar-refractivity contribution is -0.137. The summed E-state index contributed by atoms with van der Waals surface area (Å²) in [5, 5.41) is 2.67. The zero-order valence-corrected chi connectivity index (χ0v) is 19.6. The van der Waals surface area contributed by atoms with Crippen LogP contribution in [0.5, 0.6) is 0 Å². The summed E-state index contributed by atoms with van der Waals surface area (Å²) in [4.78, 5) is 30.2. The molecule has 0 unspecified atom stereocenters. The molecule has 186 valence electrons. The van der Waals surface area contributed by atoms with Gasteiger partial charge in [0.05, 0.1) is 11.1 Å². The average Bonchev–Trinajstić information content (AvgIpc) is 3.43. The highest BCUT2D eigenvalue weighted by atomic mass is 19.4. The number of nitrogens with one attached hydrogen (secondary N) is 1. The Hall–Kier alpha value is -3.81. The maximum Gasteiger partial charge on any atom is 0.416 e. The van der Waals surface area contributed by atoms with Crippen molar-refractivity contribution in [3.63, 3.8) is 0 Å². The van der Waals surface area contributed by atoms with E-state index < -0.39 is 17.6 Å². The van der Waals surface area contributed by atoms with Crippen molar-refractivity contribution in [3.05, 3.63) is 94.5 Å². The second-order valence-corrected chi connectivity index (χ2v) is 9.20. The standard InChI is InChI=1S/C28H26F3N3O2/c29-28(30,31)22-9-5-8-20(16-22)26(35)32-23-10-11-25(24(17-23)27(36)33-13-3-4-14-33)34-15-12-19-6-1-2-7-21(19)18-34/h1-2,5-11,16-17H,3-4,12-15,18H2,(H,32,35). The molecular weight excluding hydrogens is 467 g/mol. The van der Waals surface area contributed by atoms with E-state index in [0.717, 1.165) is 43.6 Å². The summed E-state index contributed by atoms with van der Waals surface area (Å²) >= 11 is 0. The Labute approximate surface area is 207 Å². The van der Waals surface area contributed by atoms with Gasteiger partial charge in [-0.05, 0) is 66.8 Å². The predicted molar refractivity (Wildman–Crippen MR) is 132 cm³/mol. The highest BCUT2D eigenvalue weighted by Gasteiger charge is 2.31. The van der Waals surface area contributed by atoms with Gasteiger partial charge in [-0.15, -0.1) is 0 Å². The monoisotopic (exact) mass is 493 g/mol. The minimum atomic E-state index is -4.54. The summed E-state index contributed by atoms with van der Waals surface area (Å²) in [6.07, 6.45) is -1.78. The molecule has 2 heterocycles. The summed E-state index contributed by atoms with van der Waals surface area (Å²) in [7, 11) is 0. The van der Waals surface area contributed by atoms with Crippen molar-refractivity contribution in [2.24, 2.45) is 0 Å². The largest absolute Gasteiger partial charge is 0.416 e. The molecule has 0 aliphatic carbocycles. The molecule has 0 aromatic heterocycles. The number of hydrogen-bond acceptors (Lipinski definition) is 3. The van der Waals surface area contributed by atoms with Gasteiger partial charge in [-0.25, -0.2) is 0 Å². The Balaban J connectivity index is 1.44. The number of alkyl halides is 3. The second kappa shape index (κ2) is 9.68. The van der Waals surface area contributed by atoms with Crippen molar-refractivity contribution in [2.75, 3.05) is 29.9 Å². The van der Waals surface area contributed by atoms with E-state index in [1.54, 1.807) is 12.1 Å². The van der Waals surface area contributed by atoms with Gasteiger partial charge in [-0.3, -0.25) is 9.59 Å². The van der Waals surface area contributed by atoms with Crippen molar-refractivity contribution in [3.8, 4) is 0 Å². The van der Waals surface area contributed by atoms with Crippen molar-refractivity contribution in [2.45, 2.75) is 32.0 Å². The maximum absolute atomic E-state index is 13.5. The topological polar surface area (TPSA) is 52.7 Å². The molecule has 0 saturated carbocycles. The van der Waals surface area contributed by atoms with Crippen LogP contribution < -0.4 is 10.2 Å². The number of fused-ring (bicyclic) bond motifs is 1. The molecule has 3 aromatic carbocycles. The first kappa shape index (κ1) is 23.9. The fourth-order valence-electron chi connectivity index (χ4n) is 4.89. The van der Waals surface area contributed by atoms with E-state index in [0.29, 0.717) is 30.9 Å². The molecule has 0 atom stereocenters. The molecule has 5 nitrogen and oxygen atoms in total. The van der Waals surface area contributed by atoms with Crippen LogP contribution in [0.25, 0.3) is 0 Å². The lowest BCUT2D eigenvalue weighted by atomic mass is 9.98. The molecule has 1 N–H and O–H groups in total. The SMILES string of the molecule is O=C(Nc1ccc(N2CCc3ccccc3C2)c(C(=O)N2CCCC2)c1)c1cccc(C(F)(F)F)c1. The number of likely N-dealkylation sites (tertiary alicyclic amines) is 1. The van der Waals surface area contributed by atoms with Crippen LogP contribution >= 0.6 is 0 Å². The number of anilines is 2. The maximum atomic E-state index is 13.5. The van der Waals surface area contributed by atoms with Gasteiger partial charge < -0.3 is 15.1 Å². The normalized spacial score (nSPS) is 15.5. The summed E-state index contributed by atoms with van der Waals surface area (Å²) in [5.74, 6) is -0.767. The molecule has 2 aliphatic rings. The third kappa shape index (κ3) is 4.94. The number of nitrogens with zero attached hydrogens (tertiary/aromatic N) is 2. The predicted octanol–water partition coefficient (Wildman–Crippen LogP) is 5.76. The fourth-order valence-corrected chi connectivity index (χ4v) is 4.89. The highest BCUT2D eigenvalue weighted by molar-refractivity contribution is 6.06. The molecule has 36 heavy (non-hydrogen) atoms. The number of rotatable bonds is 4. The Morgan fingerprint density at radius 3 is 2.33 bits per heavy atom. The van der Waals surface area contributed by atoms with Gasteiger partial charge in [0.25, 0.3) is 11.8 Å². The number of amides is 2. The average molecular weight is 494 g/mol. The third-order valence-corrected chi connectivity index (χ3v) is 6.80. The Morgan fingerprint density at radius 2 is 1.58 bits per heavy atom. The van der Waals surface area contributed by atoms with E-state index in [2.05, 4.69) is 22.3 Å². The van der Waals surface area contributed by atoms with Crippen LogP contribution in [0.3, 0.4) is 0 Å². The van der Waals surface area contributed by atoms with E-state index in [9.17, 15) is 22.8 Å². The van der Waals surface area contributed by atoms with Crippen LogP contribution in [0.15, 0.2) is 66.7 Å². The zero-order chi connectivity index (χ0) is 25.3. The number of hydrogen-bond donors (Lipinski definition) is 1. The molecule has 5 rings (SSSR count). The summed E-state index contributed by atoms with van der Waals surface area (Å²) in [5.41, 5.74) is 3.16. The number of benzene rings is 3. The van der Waals surface area contributed by atoms with Gasteiger partial charge in [0, 0.05) is 43.1 Å². The van der Waals surface area contributed by atoms with Crippen LogP contribution in [0.4, 0.5) is 24.5 Å². The Kier molecular flexibility index (Phi) is 6.43. The Bertz CT molecular complexity index is 1300. The lowest BCUT2D eigenvalue weighted by Crippen LogP contribution is -2.34. The molecule has 2 aliphatic heterocycles. The van der Waals surface area contributed by atoms with E-state index in [1.165, 1.54) is 23.3 Å². The molecule has 0 radical (unpaired) electrons. The first-order valence-corrected chi connectivity index (χ1v) is 12.0. The minimum Gasteiger partial charge on any atom is -0.366 e. The van der Waals surface area contributed by atoms with Crippen molar-refractivity contribution >= 4 is 23.2 Å². The third-order valence-electron chi connectivity index (χ3n) is 6.80. The van der Waals surface area contributed by atoms with Crippen molar-refractivity contribution < 1.29 is 22.8 Å². The van der Waals surface area contributed by atoms with Gasteiger partial charge in [-0.1, -0.05) is 30.3 Å². The zero-order valence-electron chi connectivity index (χ0n) is 19.6. The lowest BCUT2D eigenvalue weighted by Gasteiger charge is -2.33. The molecular formula is C28H26F3N3O2. The van der Waals surface area contributed by atoms with Crippen LogP contribution in [-0.2, 0) is 19.1 Å². The van der Waals surface area contributed by atoms with Gasteiger partial charge in [0.15, 0.2) is 0 Å². The molecule has 3 aromatic rings. The van der Waals surface area contributed by atoms with Crippen molar-refractivity contribution in [1.29, 1.82) is 0 Å². The van der Waals surface area contributed by atoms with Gasteiger partial charge in [0.1, 0.15) is 0 Å². The van der Waals surface area contributed by atoms with E-state index in [1.807, 2.05) is 23.1 Å². The van der Waals surface area contributed by atoms with E-state index in [-0.39, 0.29) is 11.5 Å². The summed E-state index contributed by atoms with van der Waals surface area (Å²) in [6, 6.07) is 17.7. The van der Waals surface area contributed by atoms with Gasteiger partial charge in [-0.2, -0.15) is 13.2 Å². The second-order valence-electron chi connectivity index (χ2n) is 9.20. The van der Waals surface area contributed by atoms with Crippen LogP contribution in [-0.4, -0.2) is 36.3 Å². The van der Waals surface area contributed by atoms with E-state index in [4.69, 9.17) is 0 Å². The van der Waals surface area contributed by atoms with Crippen LogP contribution in [0, 0.1) is 0 Å². The van der Waals surface area contributed by atoms with E-state index >= 15 is 0 Å². The smallest absolute Gasteiger partial charge is 0.366 e. The van der Waals surface area contributed by atoms with Crippen LogP contribution in [0.2, 0.25) is 0 Å². The molecule has 8 heteroatoms. The number of carbonyl (C=O) groups excluding carboxylic acids is 2. The minimum absolute atomic E-state index is 0.100. The van der Waals surface area contributed by atoms with Gasteiger partial charge >= 0.3 is 6.18 Å². The molecule has 0 bridgehead atoms.